The average molecular weight is 297 g/mol. The molecule has 1 aromatic carbocycles. The van der Waals surface area contributed by atoms with Crippen molar-refractivity contribution in [2.75, 3.05) is 5.75 Å². The van der Waals surface area contributed by atoms with Crippen LogP contribution in [-0.4, -0.2) is 20.7 Å². The van der Waals surface area contributed by atoms with E-state index < -0.39 is 0 Å². The van der Waals surface area contributed by atoms with Gasteiger partial charge in [0.15, 0.2) is 0 Å². The minimum Gasteiger partial charge on any atom is -0.237 e. The Bertz CT molecular complexity index is 930. The summed E-state index contributed by atoms with van der Waals surface area (Å²) in [5.41, 5.74) is 2.05. The largest absolute Gasteiger partial charge is 0.237 e. The maximum absolute atomic E-state index is 4.76. The number of aromatic nitrogens is 3. The molecule has 4 aromatic rings. The quantitative estimate of drug-likeness (QED) is 0.403. The van der Waals surface area contributed by atoms with E-state index in [0.29, 0.717) is 0 Å². The molecule has 5 heteroatoms. The molecule has 0 atom stereocenters. The predicted octanol–water partition coefficient (Wildman–Crippen LogP) is 4.50. The van der Waals surface area contributed by atoms with Crippen LogP contribution in [0.3, 0.4) is 0 Å². The molecule has 0 amide bonds. The van der Waals surface area contributed by atoms with Gasteiger partial charge in [0.1, 0.15) is 16.2 Å². The van der Waals surface area contributed by atoms with Crippen LogP contribution in [-0.2, 0) is 0 Å². The van der Waals surface area contributed by atoms with E-state index in [1.807, 2.05) is 18.2 Å². The van der Waals surface area contributed by atoms with E-state index in [4.69, 9.17) is 4.98 Å². The fraction of sp³-hybridized carbons (Fsp3) is 0.133. The molecular weight excluding hydrogens is 286 g/mol. The summed E-state index contributed by atoms with van der Waals surface area (Å²) >= 11 is 3.44. The van der Waals surface area contributed by atoms with Gasteiger partial charge < -0.3 is 0 Å². The molecule has 0 fully saturated rings. The molecule has 0 bridgehead atoms. The lowest BCUT2D eigenvalue weighted by Crippen LogP contribution is -1.83. The van der Waals surface area contributed by atoms with Crippen molar-refractivity contribution in [3.05, 3.63) is 36.7 Å². The van der Waals surface area contributed by atoms with Crippen molar-refractivity contribution in [1.29, 1.82) is 0 Å². The maximum Gasteiger partial charge on any atom is 0.126 e. The molecule has 3 nitrogen and oxygen atoms in total. The Morgan fingerprint density at radius 3 is 3.00 bits per heavy atom. The van der Waals surface area contributed by atoms with Crippen LogP contribution in [0.5, 0.6) is 0 Å². The SMILES string of the molecule is CCSc1ncnc2c1sc1nc3ccccc3cc12. The van der Waals surface area contributed by atoms with Crippen LogP contribution < -0.4 is 0 Å². The van der Waals surface area contributed by atoms with Gasteiger partial charge in [0.2, 0.25) is 0 Å². The molecule has 0 saturated carbocycles. The lowest BCUT2D eigenvalue weighted by Gasteiger charge is -1.98. The smallest absolute Gasteiger partial charge is 0.126 e. The van der Waals surface area contributed by atoms with Gasteiger partial charge in [-0.3, -0.25) is 0 Å². The number of pyridine rings is 1. The molecule has 0 unspecified atom stereocenters. The van der Waals surface area contributed by atoms with Crippen molar-refractivity contribution in [2.45, 2.75) is 11.9 Å². The summed E-state index contributed by atoms with van der Waals surface area (Å²) in [5, 5.41) is 3.34. The van der Waals surface area contributed by atoms with Crippen molar-refractivity contribution >= 4 is 54.4 Å². The first-order chi connectivity index (χ1) is 9.86. The van der Waals surface area contributed by atoms with Crippen molar-refractivity contribution in [1.82, 2.24) is 15.0 Å². The van der Waals surface area contributed by atoms with Crippen LogP contribution in [0.1, 0.15) is 6.92 Å². The molecule has 3 heterocycles. The lowest BCUT2D eigenvalue weighted by atomic mass is 10.2. The second-order valence-corrected chi connectivity index (χ2v) is 6.68. The third-order valence-electron chi connectivity index (χ3n) is 3.20. The van der Waals surface area contributed by atoms with Gasteiger partial charge in [0.05, 0.1) is 15.7 Å². The summed E-state index contributed by atoms with van der Waals surface area (Å²) in [5.74, 6) is 1.01. The van der Waals surface area contributed by atoms with Crippen LogP contribution in [0.4, 0.5) is 0 Å². The number of nitrogens with zero attached hydrogens (tertiary/aromatic N) is 3. The summed E-state index contributed by atoms with van der Waals surface area (Å²) in [4.78, 5) is 14.7. The maximum atomic E-state index is 4.76. The van der Waals surface area contributed by atoms with Crippen molar-refractivity contribution in [3.8, 4) is 0 Å². The molecule has 3 aromatic heterocycles. The Balaban J connectivity index is 2.13. The number of thioether (sulfide) groups is 1. The van der Waals surface area contributed by atoms with E-state index in [1.54, 1.807) is 29.4 Å². The summed E-state index contributed by atoms with van der Waals surface area (Å²) in [6.45, 7) is 2.14. The summed E-state index contributed by atoms with van der Waals surface area (Å²) < 4.78 is 1.15. The van der Waals surface area contributed by atoms with Crippen LogP contribution in [0, 0.1) is 0 Å². The fourth-order valence-electron chi connectivity index (χ4n) is 2.32. The summed E-state index contributed by atoms with van der Waals surface area (Å²) in [6, 6.07) is 10.4. The van der Waals surface area contributed by atoms with Crippen LogP contribution in [0.15, 0.2) is 41.7 Å². The molecule has 20 heavy (non-hydrogen) atoms. The van der Waals surface area contributed by atoms with Gasteiger partial charge in [-0.2, -0.15) is 0 Å². The standard InChI is InChI=1S/C15H11N3S2/c1-2-19-15-13-12(16-8-17-15)10-7-9-5-3-4-6-11(9)18-14(10)20-13/h3-8H,2H2,1H3. The first-order valence-electron chi connectivity index (χ1n) is 6.42. The Morgan fingerprint density at radius 2 is 2.10 bits per heavy atom. The normalized spacial score (nSPS) is 11.7. The average Bonchev–Trinajstić information content (AvgIpc) is 2.84. The number of benzene rings is 1. The third kappa shape index (κ3) is 1.77. The molecule has 0 aliphatic rings. The fourth-order valence-corrected chi connectivity index (χ4v) is 4.25. The van der Waals surface area contributed by atoms with Gasteiger partial charge in [-0.1, -0.05) is 25.1 Å². The molecule has 0 aliphatic heterocycles. The monoisotopic (exact) mass is 297 g/mol. The second kappa shape index (κ2) is 4.68. The van der Waals surface area contributed by atoms with Gasteiger partial charge in [-0.25, -0.2) is 15.0 Å². The Kier molecular flexibility index (Phi) is 2.82. The zero-order valence-electron chi connectivity index (χ0n) is 10.8. The van der Waals surface area contributed by atoms with E-state index in [-0.39, 0.29) is 0 Å². The number of fused-ring (bicyclic) bond motifs is 4. The van der Waals surface area contributed by atoms with E-state index >= 15 is 0 Å². The van der Waals surface area contributed by atoms with E-state index in [1.165, 1.54) is 0 Å². The van der Waals surface area contributed by atoms with Crippen LogP contribution in [0.2, 0.25) is 0 Å². The van der Waals surface area contributed by atoms with Gasteiger partial charge in [0.25, 0.3) is 0 Å². The van der Waals surface area contributed by atoms with E-state index in [0.717, 1.165) is 42.1 Å². The van der Waals surface area contributed by atoms with Crippen LogP contribution >= 0.6 is 23.1 Å². The van der Waals surface area contributed by atoms with Crippen molar-refractivity contribution in [2.24, 2.45) is 0 Å². The molecule has 4 rings (SSSR count). The second-order valence-electron chi connectivity index (χ2n) is 4.43. The molecule has 98 valence electrons. The van der Waals surface area contributed by atoms with Gasteiger partial charge in [-0.05, 0) is 17.9 Å². The van der Waals surface area contributed by atoms with E-state index in [9.17, 15) is 0 Å². The highest BCUT2D eigenvalue weighted by Crippen LogP contribution is 2.37. The third-order valence-corrected chi connectivity index (χ3v) is 5.29. The minimum atomic E-state index is 1.01. The Labute approximate surface area is 124 Å². The predicted molar refractivity (Wildman–Crippen MR) is 86.6 cm³/mol. The number of hydrogen-bond donors (Lipinski definition) is 0. The number of rotatable bonds is 2. The van der Waals surface area contributed by atoms with Crippen LogP contribution in [0.25, 0.3) is 31.3 Å². The topological polar surface area (TPSA) is 38.7 Å². The van der Waals surface area contributed by atoms with Crippen molar-refractivity contribution in [3.63, 3.8) is 0 Å². The summed E-state index contributed by atoms with van der Waals surface area (Å²) in [6.07, 6.45) is 1.65. The van der Waals surface area contributed by atoms with Crippen molar-refractivity contribution < 1.29 is 0 Å². The molecule has 0 N–H and O–H groups in total. The highest BCUT2D eigenvalue weighted by molar-refractivity contribution is 7.99. The first kappa shape index (κ1) is 12.1. The highest BCUT2D eigenvalue weighted by atomic mass is 32.2. The first-order valence-corrected chi connectivity index (χ1v) is 8.23. The molecule has 0 radical (unpaired) electrons. The lowest BCUT2D eigenvalue weighted by molar-refractivity contribution is 1.11. The van der Waals surface area contributed by atoms with Gasteiger partial charge in [0, 0.05) is 10.8 Å². The molecule has 0 aliphatic carbocycles. The van der Waals surface area contributed by atoms with E-state index in [2.05, 4.69) is 29.0 Å². The number of thiophene rings is 1. The molecule has 0 spiro atoms. The van der Waals surface area contributed by atoms with Gasteiger partial charge >= 0.3 is 0 Å². The Hall–Kier alpha value is -1.72. The zero-order valence-corrected chi connectivity index (χ0v) is 12.5. The molecule has 0 saturated heterocycles. The highest BCUT2D eigenvalue weighted by Gasteiger charge is 2.12. The zero-order chi connectivity index (χ0) is 13.5. The Morgan fingerprint density at radius 1 is 1.20 bits per heavy atom. The number of para-hydroxylation sites is 1. The van der Waals surface area contributed by atoms with Gasteiger partial charge in [-0.15, -0.1) is 23.1 Å². The number of hydrogen-bond acceptors (Lipinski definition) is 5. The minimum absolute atomic E-state index is 1.01. The molecular formula is C15H11N3S2. The summed E-state index contributed by atoms with van der Waals surface area (Å²) in [7, 11) is 0.